The molecule has 1 saturated heterocycles. The Hall–Kier alpha value is -0.0800. The van der Waals surface area contributed by atoms with Crippen LogP contribution in [0.5, 0.6) is 0 Å². The van der Waals surface area contributed by atoms with E-state index in [4.69, 9.17) is 5.73 Å². The molecule has 2 heteroatoms. The molecule has 2 N–H and O–H groups in total. The Labute approximate surface area is 95.2 Å². The molecular formula is C13H28N2. The molecule has 0 amide bonds. The van der Waals surface area contributed by atoms with E-state index in [9.17, 15) is 0 Å². The number of likely N-dealkylation sites (tertiary alicyclic amines) is 1. The lowest BCUT2D eigenvalue weighted by Crippen LogP contribution is -2.28. The maximum atomic E-state index is 5.89. The van der Waals surface area contributed by atoms with Crippen molar-refractivity contribution in [3.8, 4) is 0 Å². The third kappa shape index (κ3) is 5.53. The van der Waals surface area contributed by atoms with Gasteiger partial charge >= 0.3 is 0 Å². The molecule has 1 aliphatic rings. The van der Waals surface area contributed by atoms with Crippen molar-refractivity contribution in [1.29, 1.82) is 0 Å². The van der Waals surface area contributed by atoms with Crippen molar-refractivity contribution in [2.75, 3.05) is 19.6 Å². The maximum Gasteiger partial charge on any atom is 0.0180 e. The van der Waals surface area contributed by atoms with Gasteiger partial charge in [0, 0.05) is 12.6 Å². The van der Waals surface area contributed by atoms with Crippen LogP contribution in [0.1, 0.15) is 47.0 Å². The van der Waals surface area contributed by atoms with Crippen LogP contribution in [0, 0.1) is 11.3 Å². The Morgan fingerprint density at radius 3 is 2.53 bits per heavy atom. The molecule has 2 unspecified atom stereocenters. The van der Waals surface area contributed by atoms with Crippen molar-refractivity contribution in [3.05, 3.63) is 0 Å². The summed E-state index contributed by atoms with van der Waals surface area (Å²) in [6, 6.07) is 0.433. The van der Waals surface area contributed by atoms with Gasteiger partial charge in [-0.25, -0.2) is 0 Å². The quantitative estimate of drug-likeness (QED) is 0.776. The van der Waals surface area contributed by atoms with Gasteiger partial charge in [0.15, 0.2) is 0 Å². The largest absolute Gasteiger partial charge is 0.326 e. The van der Waals surface area contributed by atoms with E-state index in [0.29, 0.717) is 11.5 Å². The fourth-order valence-electron chi connectivity index (χ4n) is 2.62. The lowest BCUT2D eigenvalue weighted by Gasteiger charge is -2.25. The molecule has 1 heterocycles. The molecule has 0 saturated carbocycles. The van der Waals surface area contributed by atoms with E-state index in [1.807, 2.05) is 0 Å². The van der Waals surface area contributed by atoms with Crippen molar-refractivity contribution < 1.29 is 0 Å². The minimum Gasteiger partial charge on any atom is -0.326 e. The molecule has 0 aliphatic carbocycles. The van der Waals surface area contributed by atoms with Crippen LogP contribution in [0.4, 0.5) is 0 Å². The molecular weight excluding hydrogens is 184 g/mol. The second kappa shape index (κ2) is 5.31. The maximum absolute atomic E-state index is 5.89. The first-order valence-electron chi connectivity index (χ1n) is 6.35. The molecule has 0 aromatic rings. The Balaban J connectivity index is 2.14. The Bertz CT molecular complexity index is 183. The van der Waals surface area contributed by atoms with Crippen molar-refractivity contribution >= 4 is 0 Å². The van der Waals surface area contributed by atoms with Gasteiger partial charge in [-0.2, -0.15) is 0 Å². The van der Waals surface area contributed by atoms with Crippen molar-refractivity contribution in [3.63, 3.8) is 0 Å². The first-order valence-corrected chi connectivity index (χ1v) is 6.35. The highest BCUT2D eigenvalue weighted by atomic mass is 15.2. The molecule has 15 heavy (non-hydrogen) atoms. The van der Waals surface area contributed by atoms with Gasteiger partial charge in [0.25, 0.3) is 0 Å². The van der Waals surface area contributed by atoms with Crippen molar-refractivity contribution in [2.45, 2.75) is 53.0 Å². The summed E-state index contributed by atoms with van der Waals surface area (Å²) >= 11 is 0. The summed E-state index contributed by atoms with van der Waals surface area (Å²) in [7, 11) is 0. The van der Waals surface area contributed by atoms with Gasteiger partial charge in [-0.05, 0) is 43.7 Å². The second-order valence-electron chi connectivity index (χ2n) is 6.51. The predicted octanol–water partition coefficient (Wildman–Crippen LogP) is 2.48. The van der Waals surface area contributed by atoms with Gasteiger partial charge in [-0.15, -0.1) is 0 Å². The van der Waals surface area contributed by atoms with E-state index in [0.717, 1.165) is 12.5 Å². The van der Waals surface area contributed by atoms with Crippen LogP contribution < -0.4 is 5.73 Å². The van der Waals surface area contributed by atoms with Gasteiger partial charge in [0.1, 0.15) is 0 Å². The van der Waals surface area contributed by atoms with Crippen LogP contribution in [-0.2, 0) is 0 Å². The van der Waals surface area contributed by atoms with Gasteiger partial charge < -0.3 is 10.6 Å². The standard InChI is InChI=1S/C13H28N2/c1-11(9-13(2,3)4)5-7-15-8-6-12(14)10-15/h11-12H,5-10,14H2,1-4H3. The van der Waals surface area contributed by atoms with Gasteiger partial charge in [0.05, 0.1) is 0 Å². The summed E-state index contributed by atoms with van der Waals surface area (Å²) in [5, 5.41) is 0. The van der Waals surface area contributed by atoms with E-state index < -0.39 is 0 Å². The first kappa shape index (κ1) is 13.0. The van der Waals surface area contributed by atoms with Gasteiger partial charge in [-0.1, -0.05) is 27.7 Å². The number of hydrogen-bond acceptors (Lipinski definition) is 2. The molecule has 0 aromatic carbocycles. The second-order valence-corrected chi connectivity index (χ2v) is 6.51. The number of nitrogens with zero attached hydrogens (tertiary/aromatic N) is 1. The van der Waals surface area contributed by atoms with Crippen LogP contribution in [0.25, 0.3) is 0 Å². The predicted molar refractivity (Wildman–Crippen MR) is 66.9 cm³/mol. The minimum atomic E-state index is 0.433. The Morgan fingerprint density at radius 2 is 2.07 bits per heavy atom. The summed E-state index contributed by atoms with van der Waals surface area (Å²) in [6.45, 7) is 12.9. The monoisotopic (exact) mass is 212 g/mol. The molecule has 0 aromatic heterocycles. The van der Waals surface area contributed by atoms with Gasteiger partial charge in [0.2, 0.25) is 0 Å². The molecule has 0 bridgehead atoms. The topological polar surface area (TPSA) is 29.3 Å². The summed E-state index contributed by atoms with van der Waals surface area (Å²) in [4.78, 5) is 2.52. The van der Waals surface area contributed by atoms with Crippen LogP contribution >= 0.6 is 0 Å². The Morgan fingerprint density at radius 1 is 1.40 bits per heavy atom. The average Bonchev–Trinajstić information content (AvgIpc) is 2.45. The molecule has 0 radical (unpaired) electrons. The summed E-state index contributed by atoms with van der Waals surface area (Å²) in [6.07, 6.45) is 3.84. The van der Waals surface area contributed by atoms with Crippen molar-refractivity contribution in [2.24, 2.45) is 17.1 Å². The minimum absolute atomic E-state index is 0.433. The highest BCUT2D eigenvalue weighted by Crippen LogP contribution is 2.26. The highest BCUT2D eigenvalue weighted by Gasteiger charge is 2.20. The van der Waals surface area contributed by atoms with Crippen LogP contribution in [-0.4, -0.2) is 30.6 Å². The number of rotatable bonds is 4. The molecule has 2 nitrogen and oxygen atoms in total. The van der Waals surface area contributed by atoms with Crippen molar-refractivity contribution in [1.82, 2.24) is 4.90 Å². The number of hydrogen-bond donors (Lipinski definition) is 1. The SMILES string of the molecule is CC(CCN1CCC(N)C1)CC(C)(C)C. The lowest BCUT2D eigenvalue weighted by atomic mass is 9.84. The summed E-state index contributed by atoms with van der Waals surface area (Å²) in [5.74, 6) is 0.835. The Kier molecular flexibility index (Phi) is 4.60. The van der Waals surface area contributed by atoms with Gasteiger partial charge in [-0.3, -0.25) is 0 Å². The molecule has 1 fully saturated rings. The normalized spacial score (nSPS) is 25.8. The zero-order valence-electron chi connectivity index (χ0n) is 10.9. The molecule has 0 spiro atoms. The average molecular weight is 212 g/mol. The zero-order chi connectivity index (χ0) is 11.5. The first-order chi connectivity index (χ1) is 6.87. The van der Waals surface area contributed by atoms with E-state index in [-0.39, 0.29) is 0 Å². The lowest BCUT2D eigenvalue weighted by molar-refractivity contribution is 0.254. The molecule has 1 rings (SSSR count). The van der Waals surface area contributed by atoms with Crippen LogP contribution in [0.3, 0.4) is 0 Å². The summed E-state index contributed by atoms with van der Waals surface area (Å²) < 4.78 is 0. The zero-order valence-corrected chi connectivity index (χ0v) is 10.9. The van der Waals surface area contributed by atoms with E-state index >= 15 is 0 Å². The fraction of sp³-hybridized carbons (Fsp3) is 1.00. The van der Waals surface area contributed by atoms with E-state index in [1.165, 1.54) is 32.4 Å². The number of nitrogens with two attached hydrogens (primary N) is 1. The smallest absolute Gasteiger partial charge is 0.0180 e. The molecule has 1 aliphatic heterocycles. The van der Waals surface area contributed by atoms with E-state index in [1.54, 1.807) is 0 Å². The van der Waals surface area contributed by atoms with Crippen LogP contribution in [0.2, 0.25) is 0 Å². The van der Waals surface area contributed by atoms with Crippen LogP contribution in [0.15, 0.2) is 0 Å². The highest BCUT2D eigenvalue weighted by molar-refractivity contribution is 4.78. The molecule has 2 atom stereocenters. The van der Waals surface area contributed by atoms with E-state index in [2.05, 4.69) is 32.6 Å². The molecule has 90 valence electrons. The third-order valence-corrected chi connectivity index (χ3v) is 3.21. The fourth-order valence-corrected chi connectivity index (χ4v) is 2.62. The third-order valence-electron chi connectivity index (χ3n) is 3.21. The summed E-state index contributed by atoms with van der Waals surface area (Å²) in [5.41, 5.74) is 6.36.